The second-order valence-electron chi connectivity index (χ2n) is 4.55. The molecule has 102 valence electrons. The molecule has 0 radical (unpaired) electrons. The maximum atomic E-state index is 5.67. The van der Waals surface area contributed by atoms with Gasteiger partial charge in [-0.1, -0.05) is 0 Å². The minimum atomic E-state index is -2.56. The standard InChI is InChI=1S/C10H23N2O2PS2/c1-7(2)11-10(16)12-15(17,13-8(3)4)14-9(5)6/h7-9H,1-6H3,(H2,11,12,16,17). The Labute approximate surface area is 115 Å². The minimum Gasteiger partial charge on any atom is -0.360 e. The molecule has 0 aromatic rings. The third-order valence-corrected chi connectivity index (χ3v) is 4.41. The van der Waals surface area contributed by atoms with Gasteiger partial charge in [0.15, 0.2) is 5.11 Å². The highest BCUT2D eigenvalue weighted by Gasteiger charge is 2.23. The normalized spacial score (nSPS) is 12.3. The number of hydrogen-bond acceptors (Lipinski definition) is 4. The van der Waals surface area contributed by atoms with Crippen molar-refractivity contribution < 1.29 is 9.05 Å². The predicted octanol–water partition coefficient (Wildman–Crippen LogP) is 2.93. The third-order valence-electron chi connectivity index (χ3n) is 1.36. The van der Waals surface area contributed by atoms with E-state index in [0.717, 1.165) is 0 Å². The first-order valence-electron chi connectivity index (χ1n) is 5.70. The first-order chi connectivity index (χ1) is 7.64. The molecular weight excluding hydrogens is 275 g/mol. The van der Waals surface area contributed by atoms with Crippen LogP contribution in [-0.4, -0.2) is 23.4 Å². The van der Waals surface area contributed by atoms with Crippen LogP contribution in [0.4, 0.5) is 0 Å². The molecule has 7 heteroatoms. The number of rotatable bonds is 6. The SMILES string of the molecule is CC(C)NC(=S)NP(=S)(OC(C)C)OC(C)C. The Balaban J connectivity index is 4.58. The van der Waals surface area contributed by atoms with Crippen LogP contribution in [0.25, 0.3) is 0 Å². The lowest BCUT2D eigenvalue weighted by Gasteiger charge is -2.28. The fourth-order valence-corrected chi connectivity index (χ4v) is 4.71. The molecule has 0 aliphatic carbocycles. The van der Waals surface area contributed by atoms with Gasteiger partial charge in [0.05, 0.1) is 12.2 Å². The zero-order valence-corrected chi connectivity index (χ0v) is 13.8. The number of nitrogens with one attached hydrogen (secondary N) is 2. The summed E-state index contributed by atoms with van der Waals surface area (Å²) in [6, 6.07) is 0.247. The van der Waals surface area contributed by atoms with Crippen molar-refractivity contribution in [1.82, 2.24) is 10.4 Å². The summed E-state index contributed by atoms with van der Waals surface area (Å²) in [7, 11) is 0. The van der Waals surface area contributed by atoms with Crippen LogP contribution in [0.1, 0.15) is 41.5 Å². The van der Waals surface area contributed by atoms with Crippen molar-refractivity contribution >= 4 is 35.8 Å². The Kier molecular flexibility index (Phi) is 7.76. The van der Waals surface area contributed by atoms with Crippen molar-refractivity contribution in [3.05, 3.63) is 0 Å². The summed E-state index contributed by atoms with van der Waals surface area (Å²) in [6.45, 7) is 9.13. The molecule has 0 aromatic carbocycles. The van der Waals surface area contributed by atoms with E-state index in [-0.39, 0.29) is 18.2 Å². The van der Waals surface area contributed by atoms with Gasteiger partial charge in [-0.25, -0.2) is 0 Å². The lowest BCUT2D eigenvalue weighted by molar-refractivity contribution is 0.172. The van der Waals surface area contributed by atoms with Gasteiger partial charge in [-0.3, -0.25) is 5.09 Å². The first-order valence-corrected chi connectivity index (χ1v) is 8.75. The molecule has 0 aliphatic heterocycles. The van der Waals surface area contributed by atoms with Crippen molar-refractivity contribution in [3.63, 3.8) is 0 Å². The summed E-state index contributed by atoms with van der Waals surface area (Å²) in [6.07, 6.45) is -0.0112. The van der Waals surface area contributed by atoms with E-state index in [1.165, 1.54) is 0 Å². The predicted molar refractivity (Wildman–Crippen MR) is 80.7 cm³/mol. The average Bonchev–Trinajstić information content (AvgIpc) is 1.95. The van der Waals surface area contributed by atoms with E-state index in [1.54, 1.807) is 0 Å². The molecule has 0 bridgehead atoms. The summed E-state index contributed by atoms with van der Waals surface area (Å²) >= 11 is 10.6. The summed E-state index contributed by atoms with van der Waals surface area (Å²) < 4.78 is 11.3. The molecule has 0 unspecified atom stereocenters. The Hall–Kier alpha value is 0.260. The molecule has 0 heterocycles. The smallest absolute Gasteiger partial charge is 0.289 e. The molecule has 0 fully saturated rings. The summed E-state index contributed by atoms with van der Waals surface area (Å²) in [4.78, 5) is 0. The van der Waals surface area contributed by atoms with Crippen molar-refractivity contribution in [1.29, 1.82) is 0 Å². The van der Waals surface area contributed by atoms with Crippen molar-refractivity contribution in [3.8, 4) is 0 Å². The van der Waals surface area contributed by atoms with Gasteiger partial charge in [-0.15, -0.1) is 0 Å². The number of thiocarbonyl (C=S) groups is 1. The molecule has 0 saturated carbocycles. The fourth-order valence-electron chi connectivity index (χ4n) is 1.05. The molecular formula is C10H23N2O2PS2. The Morgan fingerprint density at radius 1 is 1.00 bits per heavy atom. The van der Waals surface area contributed by atoms with Gasteiger partial charge in [0, 0.05) is 6.04 Å². The minimum absolute atomic E-state index is 0.00562. The second kappa shape index (κ2) is 7.64. The quantitative estimate of drug-likeness (QED) is 0.580. The molecule has 0 spiro atoms. The molecule has 0 amide bonds. The molecule has 0 atom stereocenters. The van der Waals surface area contributed by atoms with E-state index in [0.29, 0.717) is 5.11 Å². The Bertz CT molecular complexity index is 282. The van der Waals surface area contributed by atoms with E-state index in [1.807, 2.05) is 41.5 Å². The molecule has 0 rings (SSSR count). The van der Waals surface area contributed by atoms with Crippen molar-refractivity contribution in [2.75, 3.05) is 0 Å². The maximum absolute atomic E-state index is 5.67. The molecule has 0 aliphatic rings. The third kappa shape index (κ3) is 8.91. The Morgan fingerprint density at radius 2 is 1.41 bits per heavy atom. The highest BCUT2D eigenvalue weighted by Crippen LogP contribution is 2.46. The average molecular weight is 298 g/mol. The van der Waals surface area contributed by atoms with Crippen LogP contribution in [0.15, 0.2) is 0 Å². The van der Waals surface area contributed by atoms with Gasteiger partial charge in [-0.2, -0.15) is 0 Å². The molecule has 4 nitrogen and oxygen atoms in total. The first kappa shape index (κ1) is 17.3. The summed E-state index contributed by atoms with van der Waals surface area (Å²) in [5.74, 6) is 0. The monoisotopic (exact) mass is 298 g/mol. The van der Waals surface area contributed by atoms with Crippen LogP contribution in [0.5, 0.6) is 0 Å². The van der Waals surface area contributed by atoms with Crippen molar-refractivity contribution in [2.24, 2.45) is 0 Å². The fraction of sp³-hybridized carbons (Fsp3) is 0.900. The lowest BCUT2D eigenvalue weighted by atomic mass is 10.4. The Morgan fingerprint density at radius 3 is 1.71 bits per heavy atom. The molecule has 0 saturated heterocycles. The van der Waals surface area contributed by atoms with Crippen LogP contribution < -0.4 is 10.4 Å². The molecule has 17 heavy (non-hydrogen) atoms. The highest BCUT2D eigenvalue weighted by atomic mass is 32.5. The van der Waals surface area contributed by atoms with E-state index in [4.69, 9.17) is 33.1 Å². The zero-order valence-electron chi connectivity index (χ0n) is 11.3. The van der Waals surface area contributed by atoms with Gasteiger partial charge in [0.2, 0.25) is 0 Å². The van der Waals surface area contributed by atoms with E-state index in [2.05, 4.69) is 10.4 Å². The molecule has 2 N–H and O–H groups in total. The second-order valence-corrected chi connectivity index (χ2v) is 8.04. The van der Waals surface area contributed by atoms with Gasteiger partial charge in [0.1, 0.15) is 0 Å². The van der Waals surface area contributed by atoms with Gasteiger partial charge < -0.3 is 14.4 Å². The summed E-state index contributed by atoms with van der Waals surface area (Å²) in [5, 5.41) is 6.53. The van der Waals surface area contributed by atoms with Crippen LogP contribution in [0.3, 0.4) is 0 Å². The van der Waals surface area contributed by atoms with E-state index in [9.17, 15) is 0 Å². The van der Waals surface area contributed by atoms with E-state index >= 15 is 0 Å². The van der Waals surface area contributed by atoms with Crippen LogP contribution in [0.2, 0.25) is 0 Å². The van der Waals surface area contributed by atoms with Crippen LogP contribution in [-0.2, 0) is 20.9 Å². The highest BCUT2D eigenvalue weighted by molar-refractivity contribution is 8.09. The maximum Gasteiger partial charge on any atom is 0.289 e. The van der Waals surface area contributed by atoms with Crippen LogP contribution >= 0.6 is 18.9 Å². The summed E-state index contributed by atoms with van der Waals surface area (Å²) in [5.41, 5.74) is 0. The zero-order chi connectivity index (χ0) is 13.6. The largest absolute Gasteiger partial charge is 0.360 e. The topological polar surface area (TPSA) is 42.5 Å². The molecule has 0 aromatic heterocycles. The van der Waals surface area contributed by atoms with Gasteiger partial charge >= 0.3 is 0 Å². The lowest BCUT2D eigenvalue weighted by Crippen LogP contribution is -2.38. The van der Waals surface area contributed by atoms with Gasteiger partial charge in [0.25, 0.3) is 6.64 Å². The number of hydrogen-bond donors (Lipinski definition) is 2. The van der Waals surface area contributed by atoms with E-state index < -0.39 is 6.64 Å². The van der Waals surface area contributed by atoms with Gasteiger partial charge in [-0.05, 0) is 65.6 Å². The van der Waals surface area contributed by atoms with Crippen LogP contribution in [0, 0.1) is 0 Å². The van der Waals surface area contributed by atoms with Crippen molar-refractivity contribution in [2.45, 2.75) is 59.8 Å².